The van der Waals surface area contributed by atoms with Crippen molar-refractivity contribution in [2.75, 3.05) is 31.9 Å². The second-order valence-electron chi connectivity index (χ2n) is 6.02. The Kier molecular flexibility index (Phi) is 6.90. The summed E-state index contributed by atoms with van der Waals surface area (Å²) in [7, 11) is 0. The topological polar surface area (TPSA) is 15.3 Å². The zero-order valence-electron chi connectivity index (χ0n) is 12.1. The third-order valence-electron chi connectivity index (χ3n) is 3.38. The van der Waals surface area contributed by atoms with E-state index in [-0.39, 0.29) is 0 Å². The zero-order valence-corrected chi connectivity index (χ0v) is 12.9. The van der Waals surface area contributed by atoms with Gasteiger partial charge in [0.15, 0.2) is 0 Å². The number of nitrogens with one attached hydrogen (secondary N) is 1. The molecule has 0 atom stereocenters. The van der Waals surface area contributed by atoms with Crippen LogP contribution in [0.15, 0.2) is 0 Å². The predicted molar refractivity (Wildman–Crippen MR) is 80.0 cm³/mol. The average molecular weight is 258 g/mol. The van der Waals surface area contributed by atoms with Crippen molar-refractivity contribution in [3.63, 3.8) is 0 Å². The normalized spacial score (nSPS) is 21.7. The SMILES string of the molecule is CC(C)NCCCCN1CCSC(C)(C)CC1. The maximum absolute atomic E-state index is 3.49. The van der Waals surface area contributed by atoms with E-state index in [0.717, 1.165) is 0 Å². The molecule has 0 aromatic rings. The van der Waals surface area contributed by atoms with Crippen molar-refractivity contribution in [2.45, 2.75) is 57.7 Å². The van der Waals surface area contributed by atoms with Gasteiger partial charge in [-0.2, -0.15) is 11.8 Å². The van der Waals surface area contributed by atoms with Crippen LogP contribution >= 0.6 is 11.8 Å². The van der Waals surface area contributed by atoms with E-state index in [4.69, 9.17) is 0 Å². The van der Waals surface area contributed by atoms with Crippen molar-refractivity contribution < 1.29 is 0 Å². The molecule has 0 radical (unpaired) electrons. The molecule has 17 heavy (non-hydrogen) atoms. The van der Waals surface area contributed by atoms with Crippen molar-refractivity contribution >= 4 is 11.8 Å². The lowest BCUT2D eigenvalue weighted by atomic mass is 10.1. The number of hydrogen-bond donors (Lipinski definition) is 1. The molecule has 0 bridgehead atoms. The van der Waals surface area contributed by atoms with Crippen molar-refractivity contribution in [3.05, 3.63) is 0 Å². The molecule has 1 aliphatic heterocycles. The van der Waals surface area contributed by atoms with Crippen molar-refractivity contribution in [1.82, 2.24) is 10.2 Å². The third kappa shape index (κ3) is 7.32. The van der Waals surface area contributed by atoms with Gasteiger partial charge < -0.3 is 10.2 Å². The van der Waals surface area contributed by atoms with E-state index < -0.39 is 0 Å². The predicted octanol–water partition coefficient (Wildman–Crippen LogP) is 2.98. The first kappa shape index (κ1) is 15.3. The number of rotatable bonds is 6. The largest absolute Gasteiger partial charge is 0.315 e. The quantitative estimate of drug-likeness (QED) is 0.737. The highest BCUT2D eigenvalue weighted by molar-refractivity contribution is 8.00. The Morgan fingerprint density at radius 2 is 2.00 bits per heavy atom. The second kappa shape index (κ2) is 7.65. The van der Waals surface area contributed by atoms with Crippen LogP contribution in [0.2, 0.25) is 0 Å². The smallest absolute Gasteiger partial charge is 0.0116 e. The molecule has 0 aromatic carbocycles. The Hall–Kier alpha value is 0.270. The Morgan fingerprint density at radius 3 is 2.71 bits per heavy atom. The molecule has 0 unspecified atom stereocenters. The van der Waals surface area contributed by atoms with E-state index in [9.17, 15) is 0 Å². The van der Waals surface area contributed by atoms with Gasteiger partial charge in [0.25, 0.3) is 0 Å². The summed E-state index contributed by atoms with van der Waals surface area (Å²) in [4.78, 5) is 2.65. The van der Waals surface area contributed by atoms with Crippen LogP contribution in [-0.4, -0.2) is 47.6 Å². The number of unbranched alkanes of at least 4 members (excludes halogenated alkanes) is 1. The lowest BCUT2D eigenvalue weighted by molar-refractivity contribution is 0.277. The Bertz CT molecular complexity index is 204. The van der Waals surface area contributed by atoms with Crippen LogP contribution in [0, 0.1) is 0 Å². The van der Waals surface area contributed by atoms with E-state index in [1.54, 1.807) is 0 Å². The molecule has 1 rings (SSSR count). The van der Waals surface area contributed by atoms with Gasteiger partial charge in [0.05, 0.1) is 0 Å². The molecule has 1 fully saturated rings. The molecule has 1 saturated heterocycles. The Labute approximate surface area is 112 Å². The third-order valence-corrected chi connectivity index (χ3v) is 4.76. The minimum Gasteiger partial charge on any atom is -0.315 e. The summed E-state index contributed by atoms with van der Waals surface area (Å²) in [5.41, 5.74) is 0. The van der Waals surface area contributed by atoms with Crippen LogP contribution in [0.5, 0.6) is 0 Å². The van der Waals surface area contributed by atoms with Gasteiger partial charge in [0, 0.05) is 23.1 Å². The molecule has 0 aliphatic carbocycles. The van der Waals surface area contributed by atoms with Gasteiger partial charge in [-0.05, 0) is 38.9 Å². The highest BCUT2D eigenvalue weighted by Crippen LogP contribution is 2.30. The van der Waals surface area contributed by atoms with E-state index >= 15 is 0 Å². The first-order valence-corrected chi connectivity index (χ1v) is 8.08. The molecule has 1 N–H and O–H groups in total. The summed E-state index contributed by atoms with van der Waals surface area (Å²) in [6.45, 7) is 14.2. The van der Waals surface area contributed by atoms with Crippen LogP contribution in [0.4, 0.5) is 0 Å². The lowest BCUT2D eigenvalue weighted by Gasteiger charge is -2.22. The number of nitrogens with zero attached hydrogens (tertiary/aromatic N) is 1. The fourth-order valence-electron chi connectivity index (χ4n) is 2.14. The molecule has 3 heteroatoms. The molecule has 1 aliphatic rings. The van der Waals surface area contributed by atoms with E-state index in [2.05, 4.69) is 49.7 Å². The summed E-state index contributed by atoms with van der Waals surface area (Å²) in [6, 6.07) is 0.630. The molecule has 0 aromatic heterocycles. The Balaban J connectivity index is 2.07. The minimum absolute atomic E-state index is 0.494. The maximum atomic E-state index is 3.49. The highest BCUT2D eigenvalue weighted by Gasteiger charge is 2.23. The standard InChI is InChI=1S/C14H30N2S/c1-13(2)15-8-5-6-9-16-10-7-14(3,4)17-12-11-16/h13,15H,5-12H2,1-4H3. The van der Waals surface area contributed by atoms with Crippen molar-refractivity contribution in [3.8, 4) is 0 Å². The van der Waals surface area contributed by atoms with Gasteiger partial charge in [0.1, 0.15) is 0 Å². The first-order chi connectivity index (χ1) is 7.99. The van der Waals surface area contributed by atoms with Gasteiger partial charge in [-0.15, -0.1) is 0 Å². The second-order valence-corrected chi connectivity index (χ2v) is 7.82. The van der Waals surface area contributed by atoms with Crippen LogP contribution in [0.25, 0.3) is 0 Å². The van der Waals surface area contributed by atoms with Gasteiger partial charge in [-0.1, -0.05) is 27.7 Å². The number of hydrogen-bond acceptors (Lipinski definition) is 3. The minimum atomic E-state index is 0.494. The summed E-state index contributed by atoms with van der Waals surface area (Å²) in [6.07, 6.45) is 3.98. The van der Waals surface area contributed by atoms with Crippen LogP contribution in [0.1, 0.15) is 47.0 Å². The highest BCUT2D eigenvalue weighted by atomic mass is 32.2. The fraction of sp³-hybridized carbons (Fsp3) is 1.00. The van der Waals surface area contributed by atoms with Crippen LogP contribution in [-0.2, 0) is 0 Å². The monoisotopic (exact) mass is 258 g/mol. The average Bonchev–Trinajstić information content (AvgIpc) is 2.39. The molecule has 0 spiro atoms. The summed E-state index contributed by atoms with van der Waals surface area (Å²) in [5, 5.41) is 3.49. The summed E-state index contributed by atoms with van der Waals surface area (Å²) < 4.78 is 0.494. The fourth-order valence-corrected chi connectivity index (χ4v) is 3.27. The Morgan fingerprint density at radius 1 is 1.24 bits per heavy atom. The molecule has 102 valence electrons. The van der Waals surface area contributed by atoms with Gasteiger partial charge in [-0.25, -0.2) is 0 Å². The van der Waals surface area contributed by atoms with Crippen molar-refractivity contribution in [2.24, 2.45) is 0 Å². The van der Waals surface area contributed by atoms with Crippen LogP contribution in [0.3, 0.4) is 0 Å². The van der Waals surface area contributed by atoms with E-state index in [1.165, 1.54) is 51.2 Å². The lowest BCUT2D eigenvalue weighted by Crippen LogP contribution is -2.29. The maximum Gasteiger partial charge on any atom is 0.0116 e. The molecule has 2 nitrogen and oxygen atoms in total. The molecule has 0 saturated carbocycles. The number of thioether (sulfide) groups is 1. The van der Waals surface area contributed by atoms with Crippen LogP contribution < -0.4 is 5.32 Å². The molecule has 0 amide bonds. The molecular formula is C14H30N2S. The summed E-state index contributed by atoms with van der Waals surface area (Å²) in [5.74, 6) is 1.30. The van der Waals surface area contributed by atoms with Gasteiger partial charge >= 0.3 is 0 Å². The van der Waals surface area contributed by atoms with E-state index in [0.29, 0.717) is 10.8 Å². The van der Waals surface area contributed by atoms with Crippen molar-refractivity contribution in [1.29, 1.82) is 0 Å². The molecule has 1 heterocycles. The van der Waals surface area contributed by atoms with Gasteiger partial charge in [-0.3, -0.25) is 0 Å². The molecular weight excluding hydrogens is 228 g/mol. The first-order valence-electron chi connectivity index (χ1n) is 7.09. The zero-order chi connectivity index (χ0) is 12.7. The van der Waals surface area contributed by atoms with Gasteiger partial charge in [0.2, 0.25) is 0 Å². The summed E-state index contributed by atoms with van der Waals surface area (Å²) >= 11 is 2.14. The van der Waals surface area contributed by atoms with E-state index in [1.807, 2.05) is 0 Å².